The smallest absolute Gasteiger partial charge is 0.194 e. The molecular formula is C19H23BrIN5. The van der Waals surface area contributed by atoms with E-state index in [1.165, 1.54) is 16.5 Å². The average Bonchev–Trinajstić information content (AvgIpc) is 2.92. The molecule has 0 saturated heterocycles. The molecule has 1 N–H and O–H groups in total. The zero-order valence-electron chi connectivity index (χ0n) is 15.1. The first kappa shape index (κ1) is 20.7. The van der Waals surface area contributed by atoms with Crippen LogP contribution in [0.2, 0.25) is 0 Å². The Morgan fingerprint density at radius 2 is 2.08 bits per heavy atom. The SMILES string of the molecule is CN=C(NCc1nccc2ccccc12)N(C)Cc1cc(Br)cn1C.I. The Labute approximate surface area is 179 Å². The van der Waals surface area contributed by atoms with E-state index in [9.17, 15) is 0 Å². The first-order chi connectivity index (χ1) is 12.1. The zero-order chi connectivity index (χ0) is 17.8. The van der Waals surface area contributed by atoms with Gasteiger partial charge in [0.25, 0.3) is 0 Å². The molecule has 138 valence electrons. The van der Waals surface area contributed by atoms with Gasteiger partial charge < -0.3 is 14.8 Å². The van der Waals surface area contributed by atoms with Crippen molar-refractivity contribution in [3.63, 3.8) is 0 Å². The second-order valence-electron chi connectivity index (χ2n) is 6.00. The lowest BCUT2D eigenvalue weighted by Crippen LogP contribution is -2.38. The maximum absolute atomic E-state index is 4.53. The van der Waals surface area contributed by atoms with Crippen molar-refractivity contribution < 1.29 is 0 Å². The lowest BCUT2D eigenvalue weighted by atomic mass is 10.1. The fourth-order valence-electron chi connectivity index (χ4n) is 2.91. The molecule has 0 fully saturated rings. The Morgan fingerprint density at radius 3 is 2.77 bits per heavy atom. The van der Waals surface area contributed by atoms with Gasteiger partial charge in [-0.25, -0.2) is 0 Å². The van der Waals surface area contributed by atoms with E-state index in [0.29, 0.717) is 6.54 Å². The van der Waals surface area contributed by atoms with E-state index < -0.39 is 0 Å². The molecule has 0 aliphatic rings. The number of aliphatic imine (C=N–C) groups is 1. The number of nitrogens with zero attached hydrogens (tertiary/aromatic N) is 4. The molecule has 3 aromatic rings. The van der Waals surface area contributed by atoms with Gasteiger partial charge in [-0.2, -0.15) is 0 Å². The van der Waals surface area contributed by atoms with Crippen molar-refractivity contribution in [2.45, 2.75) is 13.1 Å². The average molecular weight is 528 g/mol. The van der Waals surface area contributed by atoms with Gasteiger partial charge >= 0.3 is 0 Å². The number of pyridine rings is 1. The summed E-state index contributed by atoms with van der Waals surface area (Å²) in [5.41, 5.74) is 2.23. The van der Waals surface area contributed by atoms with Crippen LogP contribution in [0.15, 0.2) is 58.3 Å². The minimum absolute atomic E-state index is 0. The van der Waals surface area contributed by atoms with Gasteiger partial charge in [-0.1, -0.05) is 24.3 Å². The highest BCUT2D eigenvalue weighted by Crippen LogP contribution is 2.17. The highest BCUT2D eigenvalue weighted by molar-refractivity contribution is 14.0. The Hall–Kier alpha value is -1.61. The van der Waals surface area contributed by atoms with Gasteiger partial charge in [-0.3, -0.25) is 9.98 Å². The van der Waals surface area contributed by atoms with Crippen LogP contribution in [-0.4, -0.2) is 34.5 Å². The monoisotopic (exact) mass is 527 g/mol. The standard InChI is InChI=1S/C19H22BrN5.HI/c1-21-19(25(3)13-16-10-15(20)12-24(16)2)23-11-18-17-7-5-4-6-14(17)8-9-22-18;/h4-10,12H,11,13H2,1-3H3,(H,21,23);1H. The van der Waals surface area contributed by atoms with E-state index in [4.69, 9.17) is 0 Å². The number of hydrogen-bond donors (Lipinski definition) is 1. The third kappa shape index (κ3) is 4.76. The van der Waals surface area contributed by atoms with E-state index in [-0.39, 0.29) is 24.0 Å². The number of hydrogen-bond acceptors (Lipinski definition) is 2. The molecule has 0 amide bonds. The van der Waals surface area contributed by atoms with E-state index in [2.05, 4.69) is 65.1 Å². The van der Waals surface area contributed by atoms with Crippen molar-refractivity contribution in [1.29, 1.82) is 0 Å². The molecule has 0 aliphatic heterocycles. The maximum Gasteiger partial charge on any atom is 0.194 e. The van der Waals surface area contributed by atoms with E-state index in [0.717, 1.165) is 22.7 Å². The number of aromatic nitrogens is 2. The van der Waals surface area contributed by atoms with Crippen molar-refractivity contribution in [1.82, 2.24) is 19.8 Å². The van der Waals surface area contributed by atoms with Crippen LogP contribution >= 0.6 is 39.9 Å². The summed E-state index contributed by atoms with van der Waals surface area (Å²) in [6, 6.07) is 12.5. The lowest BCUT2D eigenvalue weighted by molar-refractivity contribution is 0.461. The summed E-state index contributed by atoms with van der Waals surface area (Å²) < 4.78 is 3.20. The van der Waals surface area contributed by atoms with Crippen LogP contribution in [-0.2, 0) is 20.1 Å². The summed E-state index contributed by atoms with van der Waals surface area (Å²) in [5, 5.41) is 5.79. The molecule has 0 bridgehead atoms. The molecule has 0 spiro atoms. The molecular weight excluding hydrogens is 505 g/mol. The number of nitrogens with one attached hydrogen (secondary N) is 1. The highest BCUT2D eigenvalue weighted by atomic mass is 127. The fraction of sp³-hybridized carbons (Fsp3) is 0.263. The topological polar surface area (TPSA) is 45.5 Å². The van der Waals surface area contributed by atoms with Crippen molar-refractivity contribution in [2.75, 3.05) is 14.1 Å². The zero-order valence-corrected chi connectivity index (χ0v) is 19.0. The Bertz CT molecular complexity index is 901. The van der Waals surface area contributed by atoms with Crippen LogP contribution in [0.3, 0.4) is 0 Å². The summed E-state index contributed by atoms with van der Waals surface area (Å²) in [6.45, 7) is 1.40. The molecule has 2 aromatic heterocycles. The van der Waals surface area contributed by atoms with E-state index >= 15 is 0 Å². The lowest BCUT2D eigenvalue weighted by Gasteiger charge is -2.22. The number of guanidine groups is 1. The highest BCUT2D eigenvalue weighted by Gasteiger charge is 2.10. The third-order valence-corrected chi connectivity index (χ3v) is 4.65. The minimum atomic E-state index is 0. The maximum atomic E-state index is 4.53. The molecule has 5 nitrogen and oxygen atoms in total. The summed E-state index contributed by atoms with van der Waals surface area (Å²) in [6.07, 6.45) is 3.91. The number of benzene rings is 1. The van der Waals surface area contributed by atoms with Gasteiger partial charge in [0, 0.05) is 49.1 Å². The molecule has 0 atom stereocenters. The first-order valence-corrected chi connectivity index (χ1v) is 8.93. The summed E-state index contributed by atoms with van der Waals surface area (Å²) in [4.78, 5) is 11.0. The van der Waals surface area contributed by atoms with Crippen LogP contribution in [0.4, 0.5) is 0 Å². The quantitative estimate of drug-likeness (QED) is 0.315. The fourth-order valence-corrected chi connectivity index (χ4v) is 3.48. The molecule has 3 rings (SSSR count). The van der Waals surface area contributed by atoms with Crippen molar-refractivity contribution >= 4 is 56.6 Å². The van der Waals surface area contributed by atoms with E-state index in [1.54, 1.807) is 7.05 Å². The normalized spacial score (nSPS) is 11.3. The molecule has 0 radical (unpaired) electrons. The van der Waals surface area contributed by atoms with E-state index in [1.807, 2.05) is 38.5 Å². The molecule has 0 aliphatic carbocycles. The number of rotatable bonds is 4. The Morgan fingerprint density at radius 1 is 1.31 bits per heavy atom. The first-order valence-electron chi connectivity index (χ1n) is 8.13. The van der Waals surface area contributed by atoms with Gasteiger partial charge in [0.15, 0.2) is 5.96 Å². The van der Waals surface area contributed by atoms with Gasteiger partial charge in [0.05, 0.1) is 18.8 Å². The Balaban J connectivity index is 0.00000243. The molecule has 0 saturated carbocycles. The van der Waals surface area contributed by atoms with Crippen molar-refractivity contribution in [3.8, 4) is 0 Å². The van der Waals surface area contributed by atoms with Gasteiger partial charge in [-0.05, 0) is 33.4 Å². The van der Waals surface area contributed by atoms with Crippen LogP contribution in [0, 0.1) is 0 Å². The number of fused-ring (bicyclic) bond motifs is 1. The second-order valence-corrected chi connectivity index (χ2v) is 6.91. The van der Waals surface area contributed by atoms with Crippen molar-refractivity contribution in [3.05, 3.63) is 64.7 Å². The summed E-state index contributed by atoms with van der Waals surface area (Å²) in [7, 11) is 5.88. The summed E-state index contributed by atoms with van der Waals surface area (Å²) in [5.74, 6) is 0.840. The van der Waals surface area contributed by atoms with Crippen molar-refractivity contribution in [2.24, 2.45) is 12.0 Å². The molecule has 26 heavy (non-hydrogen) atoms. The Kier molecular flexibility index (Phi) is 7.45. The van der Waals surface area contributed by atoms with Gasteiger partial charge in [-0.15, -0.1) is 24.0 Å². The predicted molar refractivity (Wildman–Crippen MR) is 122 cm³/mol. The molecule has 1 aromatic carbocycles. The number of aryl methyl sites for hydroxylation is 1. The van der Waals surface area contributed by atoms with Gasteiger partial charge in [0.2, 0.25) is 0 Å². The predicted octanol–water partition coefficient (Wildman–Crippen LogP) is 4.16. The van der Waals surface area contributed by atoms with Gasteiger partial charge in [0.1, 0.15) is 0 Å². The molecule has 0 unspecified atom stereocenters. The largest absolute Gasteiger partial charge is 0.352 e. The minimum Gasteiger partial charge on any atom is -0.352 e. The number of halogens is 2. The molecule has 2 heterocycles. The third-order valence-electron chi connectivity index (χ3n) is 4.22. The molecule has 7 heteroatoms. The second kappa shape index (κ2) is 9.36. The van der Waals surface area contributed by atoms with Crippen LogP contribution in [0.5, 0.6) is 0 Å². The van der Waals surface area contributed by atoms with Crippen LogP contribution in [0.1, 0.15) is 11.4 Å². The van der Waals surface area contributed by atoms with Crippen LogP contribution in [0.25, 0.3) is 10.8 Å². The van der Waals surface area contributed by atoms with Crippen LogP contribution < -0.4 is 5.32 Å². The summed E-state index contributed by atoms with van der Waals surface area (Å²) >= 11 is 3.52.